The summed E-state index contributed by atoms with van der Waals surface area (Å²) in [5.74, 6) is -1.17. The number of hydrogen-bond donors (Lipinski definition) is 3. The van der Waals surface area contributed by atoms with Gasteiger partial charge in [-0.3, -0.25) is 9.69 Å². The fraction of sp³-hybridized carbons (Fsp3) is 0.571. The van der Waals surface area contributed by atoms with Crippen molar-refractivity contribution < 1.29 is 28.2 Å². The maximum atomic E-state index is 14.7. The van der Waals surface area contributed by atoms with Gasteiger partial charge in [0, 0.05) is 42.5 Å². The number of likely N-dealkylation sites (tertiary alicyclic amines) is 1. The fourth-order valence-corrected chi connectivity index (χ4v) is 5.94. The molecule has 0 radical (unpaired) electrons. The number of allylic oxidation sites excluding steroid dienone is 2. The molecule has 1 aromatic heterocycles. The summed E-state index contributed by atoms with van der Waals surface area (Å²) in [5.41, 5.74) is 2.88. The molecule has 0 bridgehead atoms. The number of carbonyl (C=O) groups excluding carboxylic acids is 1. The Balaban J connectivity index is 0.000000360. The number of carbonyl (C=O) groups is 1. The zero-order valence-electron chi connectivity index (χ0n) is 26.5. The Morgan fingerprint density at radius 1 is 1.12 bits per heavy atom. The quantitative estimate of drug-likeness (QED) is 0.239. The van der Waals surface area contributed by atoms with Crippen LogP contribution in [0.25, 0.3) is 12.2 Å². The van der Waals surface area contributed by atoms with Crippen molar-refractivity contribution >= 4 is 17.9 Å². The highest BCUT2D eigenvalue weighted by Gasteiger charge is 2.34. The molecule has 4 rings (SSSR count). The lowest BCUT2D eigenvalue weighted by molar-refractivity contribution is -0.112. The predicted octanol–water partition coefficient (Wildman–Crippen LogP) is 8.15. The number of aromatic amines is 1. The van der Waals surface area contributed by atoms with Crippen LogP contribution in [-0.2, 0) is 4.79 Å². The van der Waals surface area contributed by atoms with E-state index in [1.54, 1.807) is 0 Å². The zero-order valence-corrected chi connectivity index (χ0v) is 26.5. The molecule has 4 atom stereocenters. The molecule has 2 aromatic rings. The van der Waals surface area contributed by atoms with Crippen LogP contribution in [0.5, 0.6) is 0 Å². The molecule has 5 nitrogen and oxygen atoms in total. The number of aliphatic hydroxyl groups is 2. The molecular weight excluding hydrogens is 553 g/mol. The van der Waals surface area contributed by atoms with Gasteiger partial charge in [0.25, 0.3) is 0 Å². The number of aromatic nitrogens is 1. The average Bonchev–Trinajstić information content (AvgIpc) is 3.29. The minimum Gasteiger partial charge on any atom is -0.392 e. The summed E-state index contributed by atoms with van der Waals surface area (Å²) in [6.45, 7) is 11.7. The van der Waals surface area contributed by atoms with E-state index in [1.165, 1.54) is 19.1 Å². The molecule has 0 saturated carbocycles. The summed E-state index contributed by atoms with van der Waals surface area (Å²) >= 11 is 0. The Hall–Kier alpha value is -2.68. The average molecular weight is 605 g/mol. The van der Waals surface area contributed by atoms with Crippen LogP contribution in [0.1, 0.15) is 114 Å². The lowest BCUT2D eigenvalue weighted by atomic mass is 9.84. The number of alkyl halides is 1. The highest BCUT2D eigenvalue weighted by Crippen LogP contribution is 2.39. The number of β-amino-alcohol motifs (C(OH)–C–C–N with tert-alkyl or cyclic N) is 2. The Kier molecular flexibility index (Phi) is 16.0. The van der Waals surface area contributed by atoms with Crippen molar-refractivity contribution in [2.24, 2.45) is 5.92 Å². The SMILES string of the molecule is CC.CC(=O)/C=C/c1cc(F)cc(F)c1.CCCC(CCC)C(O)CN1CCC(c2c[nH]c3c2C(F)CCC=C3)C(O)C1. The number of ketones is 1. The first-order valence-electron chi connectivity index (χ1n) is 15.9. The van der Waals surface area contributed by atoms with Crippen molar-refractivity contribution in [3.63, 3.8) is 0 Å². The monoisotopic (exact) mass is 604 g/mol. The zero-order chi connectivity index (χ0) is 31.9. The smallest absolute Gasteiger partial charge is 0.152 e. The Bertz CT molecular complexity index is 1150. The number of benzene rings is 1. The van der Waals surface area contributed by atoms with E-state index in [-0.39, 0.29) is 17.8 Å². The largest absolute Gasteiger partial charge is 0.392 e. The summed E-state index contributed by atoms with van der Waals surface area (Å²) in [5, 5.41) is 21.5. The van der Waals surface area contributed by atoms with Gasteiger partial charge in [0.05, 0.1) is 12.2 Å². The second kappa shape index (κ2) is 18.9. The molecule has 1 fully saturated rings. The van der Waals surface area contributed by atoms with Crippen molar-refractivity contribution in [3.8, 4) is 0 Å². The number of nitrogens with one attached hydrogen (secondary N) is 1. The molecule has 1 aliphatic heterocycles. The van der Waals surface area contributed by atoms with Crippen molar-refractivity contribution in [2.75, 3.05) is 19.6 Å². The van der Waals surface area contributed by atoms with E-state index in [1.807, 2.05) is 32.2 Å². The second-order valence-electron chi connectivity index (χ2n) is 11.3. The minimum atomic E-state index is -0.970. The number of hydrogen-bond acceptors (Lipinski definition) is 4. The number of halogens is 3. The lowest BCUT2D eigenvalue weighted by Crippen LogP contribution is -2.47. The summed E-state index contributed by atoms with van der Waals surface area (Å²) < 4.78 is 39.9. The van der Waals surface area contributed by atoms with Gasteiger partial charge in [-0.25, -0.2) is 13.2 Å². The van der Waals surface area contributed by atoms with E-state index >= 15 is 0 Å². The van der Waals surface area contributed by atoms with Crippen LogP contribution in [0.2, 0.25) is 0 Å². The number of H-pyrrole nitrogens is 1. The number of aliphatic hydroxyl groups excluding tert-OH is 2. The van der Waals surface area contributed by atoms with Gasteiger partial charge in [-0.2, -0.15) is 0 Å². The molecule has 240 valence electrons. The summed E-state index contributed by atoms with van der Waals surface area (Å²) in [4.78, 5) is 15.9. The van der Waals surface area contributed by atoms with E-state index < -0.39 is 23.9 Å². The summed E-state index contributed by atoms with van der Waals surface area (Å²) in [7, 11) is 0. The first-order valence-corrected chi connectivity index (χ1v) is 15.9. The molecule has 43 heavy (non-hydrogen) atoms. The van der Waals surface area contributed by atoms with Gasteiger partial charge in [0.15, 0.2) is 5.78 Å². The summed E-state index contributed by atoms with van der Waals surface area (Å²) in [6, 6.07) is 3.09. The molecule has 4 unspecified atom stereocenters. The number of fused-ring (bicyclic) bond motifs is 1. The van der Waals surface area contributed by atoms with Crippen LogP contribution in [0.4, 0.5) is 13.2 Å². The summed E-state index contributed by atoms with van der Waals surface area (Å²) in [6.07, 6.45) is 13.0. The maximum absolute atomic E-state index is 14.7. The Morgan fingerprint density at radius 2 is 1.77 bits per heavy atom. The van der Waals surface area contributed by atoms with Gasteiger partial charge in [-0.05, 0) is 86.9 Å². The first kappa shape index (κ1) is 36.5. The van der Waals surface area contributed by atoms with Crippen LogP contribution in [0.3, 0.4) is 0 Å². The molecule has 2 aliphatic rings. The normalized spacial score (nSPS) is 21.0. The lowest BCUT2D eigenvalue weighted by Gasteiger charge is -2.38. The fourth-order valence-electron chi connectivity index (χ4n) is 5.94. The molecule has 0 spiro atoms. The van der Waals surface area contributed by atoms with Crippen molar-refractivity contribution in [2.45, 2.75) is 104 Å². The number of nitrogens with zero attached hydrogens (tertiary/aromatic N) is 1. The second-order valence-corrected chi connectivity index (χ2v) is 11.3. The van der Waals surface area contributed by atoms with Gasteiger partial charge in [0.2, 0.25) is 0 Å². The minimum absolute atomic E-state index is 0.0415. The van der Waals surface area contributed by atoms with Crippen LogP contribution in [0, 0.1) is 17.6 Å². The third kappa shape index (κ3) is 11.4. The molecule has 0 amide bonds. The van der Waals surface area contributed by atoms with Crippen molar-refractivity contribution in [1.82, 2.24) is 9.88 Å². The van der Waals surface area contributed by atoms with Crippen LogP contribution < -0.4 is 0 Å². The molecular formula is C35H51F3N2O3. The maximum Gasteiger partial charge on any atom is 0.152 e. The number of rotatable bonds is 10. The third-order valence-electron chi connectivity index (χ3n) is 7.94. The molecule has 1 aromatic carbocycles. The first-order chi connectivity index (χ1) is 20.6. The highest BCUT2D eigenvalue weighted by molar-refractivity contribution is 5.91. The van der Waals surface area contributed by atoms with Gasteiger partial charge in [-0.15, -0.1) is 0 Å². The molecule has 3 N–H and O–H groups in total. The number of piperidine rings is 1. The Labute approximate surface area is 255 Å². The standard InChI is InChI=1S/C23H37FN2O2.C10H8F2O.C2H6/c1-3-7-16(8-4-2)21(27)14-26-12-11-17(22(28)15-26)18-13-25-20-10-6-5-9-19(24)23(18)20;1-7(13)2-3-8-4-9(11)6-10(12)5-8;1-2/h6,10,13,16-17,19,21-22,25,27-28H,3-5,7-9,11-12,14-15H2,1-2H3;2-6H,1H3;1-2H3/b;3-2+;. The van der Waals surface area contributed by atoms with Gasteiger partial charge in [0.1, 0.15) is 17.8 Å². The van der Waals surface area contributed by atoms with Crippen LogP contribution in [-0.4, -0.2) is 57.7 Å². The molecule has 2 heterocycles. The van der Waals surface area contributed by atoms with Gasteiger partial charge < -0.3 is 15.2 Å². The van der Waals surface area contributed by atoms with Crippen LogP contribution >= 0.6 is 0 Å². The van der Waals surface area contributed by atoms with E-state index in [9.17, 15) is 28.2 Å². The topological polar surface area (TPSA) is 76.6 Å². The van der Waals surface area contributed by atoms with Crippen molar-refractivity contribution in [3.05, 3.63) is 70.6 Å². The van der Waals surface area contributed by atoms with Gasteiger partial charge >= 0.3 is 0 Å². The predicted molar refractivity (Wildman–Crippen MR) is 169 cm³/mol. The molecule has 1 aliphatic carbocycles. The van der Waals surface area contributed by atoms with E-state index in [0.29, 0.717) is 31.0 Å². The van der Waals surface area contributed by atoms with Crippen LogP contribution in [0.15, 0.2) is 36.5 Å². The molecule has 1 saturated heterocycles. The van der Waals surface area contributed by atoms with Crippen molar-refractivity contribution in [1.29, 1.82) is 0 Å². The molecule has 8 heteroatoms. The van der Waals surface area contributed by atoms with Gasteiger partial charge in [-0.1, -0.05) is 52.7 Å². The third-order valence-corrected chi connectivity index (χ3v) is 7.94. The van der Waals surface area contributed by atoms with E-state index in [0.717, 1.165) is 80.1 Å². The highest BCUT2D eigenvalue weighted by atomic mass is 19.1. The Morgan fingerprint density at radius 3 is 2.35 bits per heavy atom. The van der Waals surface area contributed by atoms with E-state index in [2.05, 4.69) is 23.7 Å². The van der Waals surface area contributed by atoms with E-state index in [4.69, 9.17) is 0 Å².